The number of amides is 1. The molecule has 2 rings (SSSR count). The fourth-order valence-corrected chi connectivity index (χ4v) is 2.66. The third kappa shape index (κ3) is 4.18. The Morgan fingerprint density at radius 3 is 2.50 bits per heavy atom. The zero-order valence-electron chi connectivity index (χ0n) is 11.7. The normalized spacial score (nSPS) is 21.9. The lowest BCUT2D eigenvalue weighted by molar-refractivity contribution is -0.119. The van der Waals surface area contributed by atoms with E-state index in [9.17, 15) is 9.18 Å². The molecule has 0 aliphatic heterocycles. The fraction of sp³-hybridized carbons (Fsp3) is 0.533. The third-order valence-corrected chi connectivity index (χ3v) is 3.99. The molecule has 0 radical (unpaired) electrons. The fourth-order valence-electron chi connectivity index (χ4n) is 2.66. The number of benzene rings is 1. The van der Waals surface area contributed by atoms with Gasteiger partial charge in [-0.1, -0.05) is 12.8 Å². The number of anilines is 1. The van der Waals surface area contributed by atoms with Crippen molar-refractivity contribution in [3.05, 3.63) is 30.1 Å². The molecule has 112 valence electrons. The molecule has 0 spiro atoms. The second kappa shape index (κ2) is 7.60. The Hall–Kier alpha value is -1.13. The monoisotopic (exact) mass is 300 g/mol. The van der Waals surface area contributed by atoms with Crippen LogP contribution in [0.25, 0.3) is 0 Å². The van der Waals surface area contributed by atoms with Crippen LogP contribution in [0.15, 0.2) is 24.3 Å². The summed E-state index contributed by atoms with van der Waals surface area (Å²) >= 11 is 0. The first-order valence-corrected chi connectivity index (χ1v) is 6.85. The zero-order valence-corrected chi connectivity index (χ0v) is 12.5. The van der Waals surface area contributed by atoms with Gasteiger partial charge in [-0.25, -0.2) is 4.39 Å². The number of carbonyl (C=O) groups excluding carboxylic acids is 1. The van der Waals surface area contributed by atoms with Crippen molar-refractivity contribution in [2.75, 3.05) is 11.9 Å². The molecule has 0 heterocycles. The molecule has 0 aromatic heterocycles. The van der Waals surface area contributed by atoms with E-state index in [2.05, 4.69) is 0 Å². The lowest BCUT2D eigenvalue weighted by Crippen LogP contribution is -2.37. The van der Waals surface area contributed by atoms with Crippen LogP contribution in [0.5, 0.6) is 0 Å². The molecule has 2 unspecified atom stereocenters. The van der Waals surface area contributed by atoms with E-state index in [4.69, 9.17) is 5.73 Å². The first-order chi connectivity index (χ1) is 9.08. The number of hydrogen-bond acceptors (Lipinski definition) is 2. The number of halogens is 2. The van der Waals surface area contributed by atoms with Crippen LogP contribution in [0, 0.1) is 11.7 Å². The Morgan fingerprint density at radius 1 is 1.30 bits per heavy atom. The molecule has 5 heteroatoms. The Labute approximate surface area is 125 Å². The van der Waals surface area contributed by atoms with Crippen LogP contribution >= 0.6 is 12.4 Å². The van der Waals surface area contributed by atoms with Crippen molar-refractivity contribution in [2.24, 2.45) is 11.7 Å². The van der Waals surface area contributed by atoms with E-state index in [1.165, 1.54) is 18.6 Å². The van der Waals surface area contributed by atoms with Crippen LogP contribution in [0.4, 0.5) is 10.1 Å². The van der Waals surface area contributed by atoms with Crippen LogP contribution in [0.3, 0.4) is 0 Å². The van der Waals surface area contributed by atoms with E-state index in [0.717, 1.165) is 24.9 Å². The van der Waals surface area contributed by atoms with E-state index in [1.807, 2.05) is 0 Å². The molecule has 2 N–H and O–H groups in total. The van der Waals surface area contributed by atoms with Crippen molar-refractivity contribution in [2.45, 2.75) is 38.1 Å². The molecule has 1 aromatic carbocycles. The number of hydrogen-bond donors (Lipinski definition) is 1. The Kier molecular flexibility index (Phi) is 6.43. The standard InChI is InChI=1S/C15H21FN2O.ClH/c1-18(13-8-6-12(16)7-9-13)15(19)10-11-4-2-3-5-14(11)17;/h6-9,11,14H,2-5,10,17H2,1H3;1H. The van der Waals surface area contributed by atoms with E-state index < -0.39 is 0 Å². The highest BCUT2D eigenvalue weighted by atomic mass is 35.5. The molecule has 20 heavy (non-hydrogen) atoms. The van der Waals surface area contributed by atoms with Gasteiger partial charge in [0.2, 0.25) is 5.91 Å². The predicted octanol–water partition coefficient (Wildman–Crippen LogP) is 3.12. The summed E-state index contributed by atoms with van der Waals surface area (Å²) in [7, 11) is 1.73. The smallest absolute Gasteiger partial charge is 0.227 e. The Morgan fingerprint density at radius 2 is 1.90 bits per heavy atom. The zero-order chi connectivity index (χ0) is 13.8. The molecule has 1 aromatic rings. The van der Waals surface area contributed by atoms with Gasteiger partial charge in [0.15, 0.2) is 0 Å². The molecule has 1 saturated carbocycles. The molecule has 1 aliphatic rings. The average Bonchev–Trinajstić information content (AvgIpc) is 2.41. The van der Waals surface area contributed by atoms with Gasteiger partial charge in [-0.2, -0.15) is 0 Å². The second-order valence-electron chi connectivity index (χ2n) is 5.34. The summed E-state index contributed by atoms with van der Waals surface area (Å²) in [5.41, 5.74) is 6.78. The third-order valence-electron chi connectivity index (χ3n) is 3.99. The number of carbonyl (C=O) groups is 1. The average molecular weight is 301 g/mol. The summed E-state index contributed by atoms with van der Waals surface area (Å²) in [5.74, 6) is 0.0389. The highest BCUT2D eigenvalue weighted by Crippen LogP contribution is 2.27. The van der Waals surface area contributed by atoms with Gasteiger partial charge in [-0.15, -0.1) is 12.4 Å². The maximum Gasteiger partial charge on any atom is 0.227 e. The van der Waals surface area contributed by atoms with Crippen molar-refractivity contribution in [3.63, 3.8) is 0 Å². The van der Waals surface area contributed by atoms with Crippen LogP contribution in [-0.4, -0.2) is 19.0 Å². The first-order valence-electron chi connectivity index (χ1n) is 6.85. The maximum atomic E-state index is 12.9. The summed E-state index contributed by atoms with van der Waals surface area (Å²) in [6, 6.07) is 6.11. The number of nitrogens with zero attached hydrogens (tertiary/aromatic N) is 1. The van der Waals surface area contributed by atoms with Crippen LogP contribution in [0.1, 0.15) is 32.1 Å². The summed E-state index contributed by atoms with van der Waals surface area (Å²) in [4.78, 5) is 13.8. The van der Waals surface area contributed by atoms with E-state index in [-0.39, 0.29) is 36.1 Å². The Bertz CT molecular complexity index is 438. The molecule has 0 bridgehead atoms. The number of nitrogens with two attached hydrogens (primary N) is 1. The van der Waals surface area contributed by atoms with Gasteiger partial charge in [-0.3, -0.25) is 4.79 Å². The van der Waals surface area contributed by atoms with Crippen molar-refractivity contribution in [3.8, 4) is 0 Å². The minimum Gasteiger partial charge on any atom is -0.327 e. The van der Waals surface area contributed by atoms with Gasteiger partial charge < -0.3 is 10.6 Å². The molecule has 1 aliphatic carbocycles. The van der Waals surface area contributed by atoms with Crippen LogP contribution < -0.4 is 10.6 Å². The van der Waals surface area contributed by atoms with Crippen LogP contribution in [-0.2, 0) is 4.79 Å². The largest absolute Gasteiger partial charge is 0.327 e. The van der Waals surface area contributed by atoms with Gasteiger partial charge in [0.25, 0.3) is 0 Å². The summed E-state index contributed by atoms with van der Waals surface area (Å²) in [6.07, 6.45) is 4.85. The highest BCUT2D eigenvalue weighted by molar-refractivity contribution is 5.92. The van der Waals surface area contributed by atoms with Gasteiger partial charge >= 0.3 is 0 Å². The number of rotatable bonds is 3. The van der Waals surface area contributed by atoms with Crippen molar-refractivity contribution in [1.82, 2.24) is 0 Å². The SMILES string of the molecule is CN(C(=O)CC1CCCCC1N)c1ccc(F)cc1.Cl. The molecule has 1 amide bonds. The van der Waals surface area contributed by atoms with Crippen molar-refractivity contribution < 1.29 is 9.18 Å². The lowest BCUT2D eigenvalue weighted by atomic mass is 9.83. The van der Waals surface area contributed by atoms with Gasteiger partial charge in [-0.05, 0) is 43.0 Å². The van der Waals surface area contributed by atoms with E-state index in [1.54, 1.807) is 24.1 Å². The Balaban J connectivity index is 0.00000200. The first kappa shape index (κ1) is 16.9. The minimum absolute atomic E-state index is 0. The van der Waals surface area contributed by atoms with Crippen molar-refractivity contribution in [1.29, 1.82) is 0 Å². The second-order valence-corrected chi connectivity index (χ2v) is 5.34. The predicted molar refractivity (Wildman–Crippen MR) is 81.6 cm³/mol. The summed E-state index contributed by atoms with van der Waals surface area (Å²) < 4.78 is 12.9. The van der Waals surface area contributed by atoms with Gasteiger partial charge in [0.1, 0.15) is 5.82 Å². The van der Waals surface area contributed by atoms with E-state index in [0.29, 0.717) is 6.42 Å². The molecule has 1 fully saturated rings. The molecule has 3 nitrogen and oxygen atoms in total. The van der Waals surface area contributed by atoms with Crippen molar-refractivity contribution >= 4 is 24.0 Å². The van der Waals surface area contributed by atoms with Gasteiger partial charge in [0.05, 0.1) is 0 Å². The van der Waals surface area contributed by atoms with Crippen LogP contribution in [0.2, 0.25) is 0 Å². The summed E-state index contributed by atoms with van der Waals surface area (Å²) in [5, 5.41) is 0. The van der Waals surface area contributed by atoms with E-state index >= 15 is 0 Å². The lowest BCUT2D eigenvalue weighted by Gasteiger charge is -2.29. The topological polar surface area (TPSA) is 46.3 Å². The minimum atomic E-state index is -0.293. The molecular weight excluding hydrogens is 279 g/mol. The summed E-state index contributed by atoms with van der Waals surface area (Å²) in [6.45, 7) is 0. The highest BCUT2D eigenvalue weighted by Gasteiger charge is 2.25. The quantitative estimate of drug-likeness (QED) is 0.932. The van der Waals surface area contributed by atoms with Gasteiger partial charge in [0, 0.05) is 25.2 Å². The molecule has 0 saturated heterocycles. The maximum absolute atomic E-state index is 12.9. The molecule has 2 atom stereocenters. The molecular formula is C15H22ClFN2O.